The second-order valence-electron chi connectivity index (χ2n) is 9.16. The highest BCUT2D eigenvalue weighted by Crippen LogP contribution is 2.28. The Kier molecular flexibility index (Phi) is 7.80. The van der Waals surface area contributed by atoms with Crippen molar-refractivity contribution in [3.63, 3.8) is 0 Å². The quantitative estimate of drug-likeness (QED) is 0.479. The molecule has 0 N–H and O–H groups in total. The molecule has 182 valence electrons. The third-order valence-electron chi connectivity index (χ3n) is 6.55. The molecule has 1 fully saturated rings. The third-order valence-corrected chi connectivity index (χ3v) is 6.55. The van der Waals surface area contributed by atoms with Crippen molar-refractivity contribution in [2.24, 2.45) is 5.92 Å². The maximum Gasteiger partial charge on any atom is 0.254 e. The Morgan fingerprint density at radius 1 is 1.00 bits per heavy atom. The summed E-state index contributed by atoms with van der Waals surface area (Å²) in [6.45, 7) is 3.40. The topological polar surface area (TPSA) is 49.9 Å². The fourth-order valence-corrected chi connectivity index (χ4v) is 4.54. The van der Waals surface area contributed by atoms with Crippen molar-refractivity contribution >= 4 is 11.8 Å². The maximum absolute atomic E-state index is 13.4. The van der Waals surface area contributed by atoms with Crippen molar-refractivity contribution in [1.29, 1.82) is 0 Å². The molecule has 1 heterocycles. The summed E-state index contributed by atoms with van der Waals surface area (Å²) >= 11 is 0. The van der Waals surface area contributed by atoms with Gasteiger partial charge in [0.1, 0.15) is 17.7 Å². The number of aryl methyl sites for hydroxylation is 1. The van der Waals surface area contributed by atoms with Gasteiger partial charge < -0.3 is 14.5 Å². The monoisotopic (exact) mass is 474 g/mol. The van der Waals surface area contributed by atoms with E-state index >= 15 is 0 Å². The standard InChI is InChI=1S/C29H31FN2O3/c1-21-8-6-7-11-26(21)29(34)32-17-16-27(35-25-14-12-24(30)13-15-25)23(20-32)18-28(33)31(2)19-22-9-4-3-5-10-22/h3-15,23,27H,16-20H2,1-2H3/t23-,27-/m0/s1. The number of hydrogen-bond acceptors (Lipinski definition) is 3. The van der Waals surface area contributed by atoms with Crippen molar-refractivity contribution in [3.8, 4) is 5.75 Å². The molecule has 0 bridgehead atoms. The van der Waals surface area contributed by atoms with Crippen LogP contribution < -0.4 is 4.74 Å². The van der Waals surface area contributed by atoms with E-state index in [-0.39, 0.29) is 36.1 Å². The first kappa shape index (κ1) is 24.5. The minimum Gasteiger partial charge on any atom is -0.490 e. The van der Waals surface area contributed by atoms with Crippen LogP contribution in [0, 0.1) is 18.7 Å². The lowest BCUT2D eigenvalue weighted by Crippen LogP contribution is -2.49. The van der Waals surface area contributed by atoms with Crippen LogP contribution in [0.3, 0.4) is 0 Å². The molecule has 1 aliphatic rings. The minimum absolute atomic E-state index is 0.00301. The fraction of sp³-hybridized carbons (Fsp3) is 0.310. The molecule has 0 radical (unpaired) electrons. The van der Waals surface area contributed by atoms with Gasteiger partial charge in [0.05, 0.1) is 0 Å². The lowest BCUT2D eigenvalue weighted by molar-refractivity contribution is -0.132. The largest absolute Gasteiger partial charge is 0.490 e. The van der Waals surface area contributed by atoms with Gasteiger partial charge in [0.25, 0.3) is 5.91 Å². The molecule has 3 aromatic carbocycles. The van der Waals surface area contributed by atoms with Crippen LogP contribution in [-0.4, -0.2) is 47.9 Å². The molecule has 0 saturated carbocycles. The molecule has 3 aromatic rings. The highest BCUT2D eigenvalue weighted by Gasteiger charge is 2.35. The Bertz CT molecular complexity index is 1150. The molecule has 0 spiro atoms. The molecule has 1 aliphatic heterocycles. The van der Waals surface area contributed by atoms with Crippen LogP contribution in [0.5, 0.6) is 5.75 Å². The first-order valence-corrected chi connectivity index (χ1v) is 12.0. The SMILES string of the molecule is Cc1ccccc1C(=O)N1CC[C@H](Oc2ccc(F)cc2)[C@@H](CC(=O)N(C)Cc2ccccc2)C1. The van der Waals surface area contributed by atoms with Crippen LogP contribution in [0.25, 0.3) is 0 Å². The molecule has 35 heavy (non-hydrogen) atoms. The molecule has 2 atom stereocenters. The highest BCUT2D eigenvalue weighted by atomic mass is 19.1. The second-order valence-corrected chi connectivity index (χ2v) is 9.16. The van der Waals surface area contributed by atoms with Gasteiger partial charge >= 0.3 is 0 Å². The van der Waals surface area contributed by atoms with E-state index in [1.54, 1.807) is 24.1 Å². The third kappa shape index (κ3) is 6.27. The summed E-state index contributed by atoms with van der Waals surface area (Å²) in [6, 6.07) is 23.3. The predicted molar refractivity (Wildman–Crippen MR) is 134 cm³/mol. The van der Waals surface area contributed by atoms with Crippen molar-refractivity contribution in [3.05, 3.63) is 101 Å². The van der Waals surface area contributed by atoms with E-state index in [0.717, 1.165) is 11.1 Å². The number of halogens is 1. The molecule has 0 unspecified atom stereocenters. The van der Waals surface area contributed by atoms with E-state index < -0.39 is 0 Å². The lowest BCUT2D eigenvalue weighted by Gasteiger charge is -2.39. The summed E-state index contributed by atoms with van der Waals surface area (Å²) in [7, 11) is 1.80. The molecule has 0 aromatic heterocycles. The summed E-state index contributed by atoms with van der Waals surface area (Å²) in [5, 5.41) is 0. The number of likely N-dealkylation sites (tertiary alicyclic amines) is 1. The zero-order chi connectivity index (χ0) is 24.8. The number of nitrogens with zero attached hydrogens (tertiary/aromatic N) is 2. The minimum atomic E-state index is -0.328. The van der Waals surface area contributed by atoms with E-state index in [4.69, 9.17) is 4.74 Å². The van der Waals surface area contributed by atoms with E-state index in [0.29, 0.717) is 37.4 Å². The summed E-state index contributed by atoms with van der Waals surface area (Å²) < 4.78 is 19.6. The number of piperidine rings is 1. The van der Waals surface area contributed by atoms with Crippen molar-refractivity contribution in [2.45, 2.75) is 32.4 Å². The Hall–Kier alpha value is -3.67. The molecular formula is C29H31FN2O3. The number of amides is 2. The maximum atomic E-state index is 13.4. The molecule has 6 heteroatoms. The average Bonchev–Trinajstić information content (AvgIpc) is 2.87. The smallest absolute Gasteiger partial charge is 0.254 e. The van der Waals surface area contributed by atoms with Crippen LogP contribution in [0.2, 0.25) is 0 Å². The van der Waals surface area contributed by atoms with Crippen LogP contribution in [0.15, 0.2) is 78.9 Å². The van der Waals surface area contributed by atoms with Crippen LogP contribution in [0.1, 0.15) is 34.3 Å². The van der Waals surface area contributed by atoms with Gasteiger partial charge in [-0.1, -0.05) is 48.5 Å². The molecular weight excluding hydrogens is 443 g/mol. The van der Waals surface area contributed by atoms with Gasteiger partial charge in [0, 0.05) is 51.0 Å². The Labute approximate surface area is 206 Å². The molecule has 4 rings (SSSR count). The van der Waals surface area contributed by atoms with Crippen LogP contribution in [0.4, 0.5) is 4.39 Å². The number of rotatable bonds is 7. The van der Waals surface area contributed by atoms with Crippen molar-refractivity contribution < 1.29 is 18.7 Å². The summed E-state index contributed by atoms with van der Waals surface area (Å²) in [6.07, 6.45) is 0.595. The van der Waals surface area contributed by atoms with E-state index in [1.165, 1.54) is 12.1 Å². The lowest BCUT2D eigenvalue weighted by atomic mass is 9.90. The van der Waals surface area contributed by atoms with Gasteiger partial charge in [-0.05, 0) is 48.4 Å². The zero-order valence-corrected chi connectivity index (χ0v) is 20.2. The number of carbonyl (C=O) groups is 2. The van der Waals surface area contributed by atoms with Crippen LogP contribution >= 0.6 is 0 Å². The zero-order valence-electron chi connectivity index (χ0n) is 20.2. The number of hydrogen-bond donors (Lipinski definition) is 0. The number of carbonyl (C=O) groups excluding carboxylic acids is 2. The van der Waals surface area contributed by atoms with Gasteiger partial charge in [-0.2, -0.15) is 0 Å². The summed E-state index contributed by atoms with van der Waals surface area (Å²) in [5.41, 5.74) is 2.66. The summed E-state index contributed by atoms with van der Waals surface area (Å²) in [5.74, 6) is 0.0121. The first-order chi connectivity index (χ1) is 16.9. The first-order valence-electron chi connectivity index (χ1n) is 12.0. The number of ether oxygens (including phenoxy) is 1. The Morgan fingerprint density at radius 3 is 2.40 bits per heavy atom. The number of benzene rings is 3. The fourth-order valence-electron chi connectivity index (χ4n) is 4.54. The van der Waals surface area contributed by atoms with Crippen molar-refractivity contribution in [1.82, 2.24) is 9.80 Å². The van der Waals surface area contributed by atoms with Gasteiger partial charge in [0.15, 0.2) is 0 Å². The van der Waals surface area contributed by atoms with E-state index in [1.807, 2.05) is 66.4 Å². The molecule has 1 saturated heterocycles. The Balaban J connectivity index is 1.49. The van der Waals surface area contributed by atoms with Gasteiger partial charge in [0.2, 0.25) is 5.91 Å². The average molecular weight is 475 g/mol. The normalized spacial score (nSPS) is 17.6. The van der Waals surface area contributed by atoms with Crippen molar-refractivity contribution in [2.75, 3.05) is 20.1 Å². The summed E-state index contributed by atoms with van der Waals surface area (Å²) in [4.78, 5) is 30.0. The molecule has 5 nitrogen and oxygen atoms in total. The Morgan fingerprint density at radius 2 is 1.69 bits per heavy atom. The predicted octanol–water partition coefficient (Wildman–Crippen LogP) is 5.09. The van der Waals surface area contributed by atoms with E-state index in [9.17, 15) is 14.0 Å². The second kappa shape index (κ2) is 11.2. The molecule has 2 amide bonds. The van der Waals surface area contributed by atoms with Gasteiger partial charge in [-0.3, -0.25) is 9.59 Å². The van der Waals surface area contributed by atoms with Gasteiger partial charge in [-0.15, -0.1) is 0 Å². The van der Waals surface area contributed by atoms with Crippen LogP contribution in [-0.2, 0) is 11.3 Å². The van der Waals surface area contributed by atoms with Gasteiger partial charge in [-0.25, -0.2) is 4.39 Å². The highest BCUT2D eigenvalue weighted by molar-refractivity contribution is 5.95. The van der Waals surface area contributed by atoms with E-state index in [2.05, 4.69) is 0 Å². The molecule has 0 aliphatic carbocycles.